The second kappa shape index (κ2) is 6.76. The monoisotopic (exact) mass is 324 g/mol. The highest BCUT2D eigenvalue weighted by molar-refractivity contribution is 9.10. The summed E-state index contributed by atoms with van der Waals surface area (Å²) in [6.07, 6.45) is 4.00. The van der Waals surface area contributed by atoms with Gasteiger partial charge in [0, 0.05) is 23.6 Å². The van der Waals surface area contributed by atoms with Gasteiger partial charge in [-0.15, -0.1) is 0 Å². The van der Waals surface area contributed by atoms with E-state index in [4.69, 9.17) is 0 Å². The number of nitrogens with zero attached hydrogens (tertiary/aromatic N) is 1. The molecule has 1 aromatic carbocycles. The first kappa shape index (κ1) is 14.9. The van der Waals surface area contributed by atoms with E-state index >= 15 is 0 Å². The Kier molecular flexibility index (Phi) is 5.28. The molecule has 1 aliphatic rings. The maximum atomic E-state index is 3.75. The van der Waals surface area contributed by atoms with Gasteiger partial charge in [-0.3, -0.25) is 0 Å². The first-order valence-electron chi connectivity index (χ1n) is 7.37. The molecule has 1 heterocycles. The third-order valence-electron chi connectivity index (χ3n) is 4.34. The van der Waals surface area contributed by atoms with E-state index in [-0.39, 0.29) is 0 Å². The standard InChI is InChI=1S/C16H25BrN2/c1-4-13-6-5-9-19(11-13)16-8-7-14(10-15(16)17)12(2)18-3/h7-8,10,12-13,18H,4-6,9,11H2,1-3H3. The van der Waals surface area contributed by atoms with Gasteiger partial charge in [0.1, 0.15) is 0 Å². The van der Waals surface area contributed by atoms with Crippen molar-refractivity contribution in [2.75, 3.05) is 25.0 Å². The third kappa shape index (κ3) is 3.51. The summed E-state index contributed by atoms with van der Waals surface area (Å²) in [4.78, 5) is 2.54. The van der Waals surface area contributed by atoms with Crippen LogP contribution in [0.3, 0.4) is 0 Å². The molecule has 0 aromatic heterocycles. The number of halogens is 1. The maximum absolute atomic E-state index is 3.75. The lowest BCUT2D eigenvalue weighted by atomic mass is 9.95. The maximum Gasteiger partial charge on any atom is 0.0510 e. The minimum absolute atomic E-state index is 0.398. The number of piperidine rings is 1. The Morgan fingerprint density at radius 1 is 1.47 bits per heavy atom. The third-order valence-corrected chi connectivity index (χ3v) is 4.98. The second-order valence-electron chi connectivity index (χ2n) is 5.58. The van der Waals surface area contributed by atoms with Crippen molar-refractivity contribution in [1.82, 2.24) is 5.32 Å². The fourth-order valence-corrected chi connectivity index (χ4v) is 3.48. The Morgan fingerprint density at radius 3 is 2.89 bits per heavy atom. The molecule has 1 saturated heterocycles. The van der Waals surface area contributed by atoms with E-state index < -0.39 is 0 Å². The molecule has 1 aliphatic heterocycles. The zero-order valence-corrected chi connectivity index (χ0v) is 13.8. The molecule has 19 heavy (non-hydrogen) atoms. The topological polar surface area (TPSA) is 15.3 Å². The number of benzene rings is 1. The molecule has 3 heteroatoms. The van der Waals surface area contributed by atoms with E-state index in [9.17, 15) is 0 Å². The van der Waals surface area contributed by atoms with Crippen LogP contribution < -0.4 is 10.2 Å². The van der Waals surface area contributed by atoms with Crippen LogP contribution in [0.25, 0.3) is 0 Å². The van der Waals surface area contributed by atoms with Crippen LogP contribution in [-0.4, -0.2) is 20.1 Å². The molecule has 2 rings (SSSR count). The summed E-state index contributed by atoms with van der Waals surface area (Å²) in [6.45, 7) is 6.89. The van der Waals surface area contributed by atoms with Gasteiger partial charge in [0.25, 0.3) is 0 Å². The Labute approximate surface area is 125 Å². The Bertz CT molecular complexity index is 419. The first-order chi connectivity index (χ1) is 9.15. The summed E-state index contributed by atoms with van der Waals surface area (Å²) in [6, 6.07) is 7.17. The SMILES string of the molecule is CCC1CCCN(c2ccc(C(C)NC)cc2Br)C1. The minimum atomic E-state index is 0.398. The predicted octanol–water partition coefficient (Wildman–Crippen LogP) is 4.36. The highest BCUT2D eigenvalue weighted by Gasteiger charge is 2.20. The zero-order chi connectivity index (χ0) is 13.8. The van der Waals surface area contributed by atoms with Gasteiger partial charge in [-0.2, -0.15) is 0 Å². The van der Waals surface area contributed by atoms with Crippen LogP contribution in [0.15, 0.2) is 22.7 Å². The predicted molar refractivity (Wildman–Crippen MR) is 86.8 cm³/mol. The number of anilines is 1. The lowest BCUT2D eigenvalue weighted by Crippen LogP contribution is -2.35. The van der Waals surface area contributed by atoms with Crippen molar-refractivity contribution in [2.24, 2.45) is 5.92 Å². The van der Waals surface area contributed by atoms with Gasteiger partial charge < -0.3 is 10.2 Å². The van der Waals surface area contributed by atoms with E-state index in [1.165, 1.54) is 48.1 Å². The number of hydrogen-bond donors (Lipinski definition) is 1. The molecule has 0 bridgehead atoms. The molecule has 0 spiro atoms. The normalized spacial score (nSPS) is 21.5. The van der Waals surface area contributed by atoms with Crippen molar-refractivity contribution >= 4 is 21.6 Å². The average molecular weight is 325 g/mol. The van der Waals surface area contributed by atoms with E-state index in [0.717, 1.165) is 5.92 Å². The second-order valence-corrected chi connectivity index (χ2v) is 6.44. The Balaban J connectivity index is 2.16. The van der Waals surface area contributed by atoms with Gasteiger partial charge in [0.05, 0.1) is 5.69 Å². The van der Waals surface area contributed by atoms with Crippen LogP contribution in [0.4, 0.5) is 5.69 Å². The molecule has 2 atom stereocenters. The average Bonchev–Trinajstić information content (AvgIpc) is 2.46. The molecule has 1 fully saturated rings. The van der Waals surface area contributed by atoms with E-state index in [1.807, 2.05) is 7.05 Å². The van der Waals surface area contributed by atoms with Crippen molar-refractivity contribution in [3.8, 4) is 0 Å². The van der Waals surface area contributed by atoms with Crippen molar-refractivity contribution in [3.63, 3.8) is 0 Å². The smallest absolute Gasteiger partial charge is 0.0510 e. The zero-order valence-electron chi connectivity index (χ0n) is 12.2. The van der Waals surface area contributed by atoms with Gasteiger partial charge in [-0.05, 0) is 66.4 Å². The van der Waals surface area contributed by atoms with Gasteiger partial charge >= 0.3 is 0 Å². The van der Waals surface area contributed by atoms with Crippen LogP contribution >= 0.6 is 15.9 Å². The highest BCUT2D eigenvalue weighted by atomic mass is 79.9. The molecule has 106 valence electrons. The van der Waals surface area contributed by atoms with Crippen LogP contribution in [0.5, 0.6) is 0 Å². The molecule has 1 N–H and O–H groups in total. The summed E-state index contributed by atoms with van der Waals surface area (Å²) >= 11 is 3.75. The van der Waals surface area contributed by atoms with Crippen LogP contribution in [-0.2, 0) is 0 Å². The molecule has 2 nitrogen and oxygen atoms in total. The van der Waals surface area contributed by atoms with Crippen LogP contribution in [0.1, 0.15) is 44.7 Å². The van der Waals surface area contributed by atoms with Crippen molar-refractivity contribution in [2.45, 2.75) is 39.2 Å². The molecule has 0 saturated carbocycles. The summed E-state index contributed by atoms with van der Waals surface area (Å²) in [7, 11) is 2.00. The molecule has 0 aliphatic carbocycles. The summed E-state index contributed by atoms with van der Waals surface area (Å²) in [5.41, 5.74) is 2.69. The minimum Gasteiger partial charge on any atom is -0.370 e. The molecular weight excluding hydrogens is 300 g/mol. The van der Waals surface area contributed by atoms with E-state index in [0.29, 0.717) is 6.04 Å². The summed E-state index contributed by atoms with van der Waals surface area (Å²) in [5, 5.41) is 3.29. The van der Waals surface area contributed by atoms with Crippen molar-refractivity contribution < 1.29 is 0 Å². The van der Waals surface area contributed by atoms with Gasteiger partial charge in [-0.25, -0.2) is 0 Å². The fourth-order valence-electron chi connectivity index (χ4n) is 2.83. The molecular formula is C16H25BrN2. The quantitative estimate of drug-likeness (QED) is 0.885. The van der Waals surface area contributed by atoms with Crippen LogP contribution in [0.2, 0.25) is 0 Å². The van der Waals surface area contributed by atoms with Crippen molar-refractivity contribution in [3.05, 3.63) is 28.2 Å². The summed E-state index contributed by atoms with van der Waals surface area (Å²) in [5.74, 6) is 0.858. The number of nitrogens with one attached hydrogen (secondary N) is 1. The Hall–Kier alpha value is -0.540. The molecule has 0 radical (unpaired) electrons. The van der Waals surface area contributed by atoms with Crippen molar-refractivity contribution in [1.29, 1.82) is 0 Å². The number of hydrogen-bond acceptors (Lipinski definition) is 2. The van der Waals surface area contributed by atoms with E-state index in [1.54, 1.807) is 0 Å². The lowest BCUT2D eigenvalue weighted by molar-refractivity contribution is 0.404. The molecule has 1 aromatic rings. The Morgan fingerprint density at radius 2 is 2.26 bits per heavy atom. The fraction of sp³-hybridized carbons (Fsp3) is 0.625. The van der Waals surface area contributed by atoms with Gasteiger partial charge in [-0.1, -0.05) is 19.4 Å². The van der Waals surface area contributed by atoms with Gasteiger partial charge in [0.2, 0.25) is 0 Å². The molecule has 0 amide bonds. The summed E-state index contributed by atoms with van der Waals surface area (Å²) < 4.78 is 1.23. The lowest BCUT2D eigenvalue weighted by Gasteiger charge is -2.35. The first-order valence-corrected chi connectivity index (χ1v) is 8.16. The highest BCUT2D eigenvalue weighted by Crippen LogP contribution is 2.32. The molecule has 2 unspecified atom stereocenters. The van der Waals surface area contributed by atoms with Gasteiger partial charge in [0.15, 0.2) is 0 Å². The van der Waals surface area contributed by atoms with Crippen LogP contribution in [0, 0.1) is 5.92 Å². The number of rotatable bonds is 4. The van der Waals surface area contributed by atoms with E-state index in [2.05, 4.69) is 58.2 Å². The largest absolute Gasteiger partial charge is 0.370 e.